The largest absolute Gasteiger partial charge is 0.453 e. The molecule has 2 aromatic carbocycles. The Bertz CT molecular complexity index is 938. The van der Waals surface area contributed by atoms with Crippen LogP contribution in [0.1, 0.15) is 27.5 Å². The number of hydrogen-bond donors (Lipinski definition) is 2. The highest BCUT2D eigenvalue weighted by Gasteiger charge is 2.39. The number of alkyl carbamates (subject to hydrolysis) is 1. The van der Waals surface area contributed by atoms with Crippen molar-refractivity contribution in [1.82, 2.24) is 5.32 Å². The highest BCUT2D eigenvalue weighted by Crippen LogP contribution is 2.37. The molecule has 2 atom stereocenters. The predicted octanol–water partition coefficient (Wildman–Crippen LogP) is 3.84. The molecular weight excluding hydrogens is 394 g/mol. The summed E-state index contributed by atoms with van der Waals surface area (Å²) in [6.07, 6.45) is -1.10. The summed E-state index contributed by atoms with van der Waals surface area (Å²) >= 11 is 5.73. The number of carbonyl (C=O) groups excluding carboxylic acids is 2. The molecule has 2 N–H and O–H groups in total. The summed E-state index contributed by atoms with van der Waals surface area (Å²) in [5.74, 6) is -1.70. The van der Waals surface area contributed by atoms with Crippen molar-refractivity contribution in [2.75, 3.05) is 19.5 Å². The van der Waals surface area contributed by atoms with Gasteiger partial charge >= 0.3 is 6.09 Å². The van der Waals surface area contributed by atoms with E-state index in [2.05, 4.69) is 15.4 Å². The molecule has 2 amide bonds. The molecule has 0 bridgehead atoms. The van der Waals surface area contributed by atoms with Crippen molar-refractivity contribution in [2.45, 2.75) is 18.6 Å². The number of rotatable bonds is 4. The van der Waals surface area contributed by atoms with Gasteiger partial charge in [-0.3, -0.25) is 4.79 Å². The number of amides is 2. The van der Waals surface area contributed by atoms with Crippen molar-refractivity contribution < 1.29 is 27.8 Å². The lowest BCUT2D eigenvalue weighted by Gasteiger charge is -2.20. The average Bonchev–Trinajstić information content (AvgIpc) is 3.03. The molecule has 3 rings (SSSR count). The molecule has 0 aliphatic heterocycles. The lowest BCUT2D eigenvalue weighted by Crippen LogP contribution is -2.35. The number of hydrogen-bond acceptors (Lipinski definition) is 4. The van der Waals surface area contributed by atoms with E-state index in [-0.39, 0.29) is 22.6 Å². The Labute approximate surface area is 164 Å². The minimum absolute atomic E-state index is 0.135. The second kappa shape index (κ2) is 8.12. The maximum absolute atomic E-state index is 14.5. The van der Waals surface area contributed by atoms with Gasteiger partial charge in [-0.2, -0.15) is 0 Å². The molecular formula is C19H17ClF2N2O4. The standard InChI is InChI=1S/C19H17ClF2N2O4/c1-27-15-8-11-10(18(25)23-9-3-5-13(21)12(20)7-9)4-6-14(22)16(11)17(15)24-19(26)28-2/h3-7,15,17H,8H2,1-2H3,(H,23,25)(H,24,26). The molecule has 0 saturated heterocycles. The van der Waals surface area contributed by atoms with E-state index in [4.69, 9.17) is 16.3 Å². The van der Waals surface area contributed by atoms with Gasteiger partial charge in [-0.1, -0.05) is 11.6 Å². The number of methoxy groups -OCH3 is 2. The summed E-state index contributed by atoms with van der Waals surface area (Å²) in [7, 11) is 2.63. The lowest BCUT2D eigenvalue weighted by molar-refractivity contribution is 0.0746. The van der Waals surface area contributed by atoms with Crippen LogP contribution < -0.4 is 10.6 Å². The molecule has 6 nitrogen and oxygen atoms in total. The van der Waals surface area contributed by atoms with Crippen LogP contribution in [0.5, 0.6) is 0 Å². The number of fused-ring (bicyclic) bond motifs is 1. The zero-order valence-corrected chi connectivity index (χ0v) is 15.8. The minimum Gasteiger partial charge on any atom is -0.453 e. The van der Waals surface area contributed by atoms with Gasteiger partial charge in [-0.15, -0.1) is 0 Å². The highest BCUT2D eigenvalue weighted by atomic mass is 35.5. The maximum atomic E-state index is 14.5. The van der Waals surface area contributed by atoms with Crippen molar-refractivity contribution >= 4 is 29.3 Å². The van der Waals surface area contributed by atoms with Gasteiger partial charge in [0, 0.05) is 30.3 Å². The van der Waals surface area contributed by atoms with Gasteiger partial charge in [0.25, 0.3) is 5.91 Å². The van der Waals surface area contributed by atoms with E-state index in [9.17, 15) is 18.4 Å². The van der Waals surface area contributed by atoms with E-state index in [0.717, 1.165) is 12.1 Å². The molecule has 0 saturated carbocycles. The molecule has 1 aliphatic rings. The summed E-state index contributed by atoms with van der Waals surface area (Å²) < 4.78 is 37.8. The quantitative estimate of drug-likeness (QED) is 0.803. The summed E-state index contributed by atoms with van der Waals surface area (Å²) in [5, 5.41) is 5.01. The van der Waals surface area contributed by atoms with Crippen LogP contribution in [0.2, 0.25) is 5.02 Å². The van der Waals surface area contributed by atoms with E-state index in [1.807, 2.05) is 0 Å². The van der Waals surface area contributed by atoms with Gasteiger partial charge < -0.3 is 20.1 Å². The van der Waals surface area contributed by atoms with E-state index in [1.165, 1.54) is 32.4 Å². The van der Waals surface area contributed by atoms with E-state index in [1.54, 1.807) is 0 Å². The molecule has 9 heteroatoms. The molecule has 0 heterocycles. The van der Waals surface area contributed by atoms with Crippen LogP contribution in [0, 0.1) is 11.6 Å². The van der Waals surface area contributed by atoms with Crippen molar-refractivity contribution in [3.8, 4) is 0 Å². The van der Waals surface area contributed by atoms with Crippen molar-refractivity contribution in [2.24, 2.45) is 0 Å². The minimum atomic E-state index is -0.805. The first-order chi connectivity index (χ1) is 13.3. The Morgan fingerprint density at radius 1 is 1.14 bits per heavy atom. The number of halogens is 3. The van der Waals surface area contributed by atoms with Gasteiger partial charge in [0.1, 0.15) is 11.6 Å². The molecule has 0 radical (unpaired) electrons. The van der Waals surface area contributed by atoms with Crippen LogP contribution in [0.4, 0.5) is 19.3 Å². The van der Waals surface area contributed by atoms with Gasteiger partial charge in [0.05, 0.1) is 24.3 Å². The highest BCUT2D eigenvalue weighted by molar-refractivity contribution is 6.31. The number of anilines is 1. The lowest BCUT2D eigenvalue weighted by atomic mass is 10.0. The molecule has 148 valence electrons. The second-order valence-electron chi connectivity index (χ2n) is 6.16. The van der Waals surface area contributed by atoms with Gasteiger partial charge in [0.2, 0.25) is 0 Å². The zero-order chi connectivity index (χ0) is 20.4. The summed E-state index contributed by atoms with van der Waals surface area (Å²) in [6, 6.07) is 5.46. The first-order valence-corrected chi connectivity index (χ1v) is 8.68. The Morgan fingerprint density at radius 3 is 2.50 bits per heavy atom. The number of nitrogens with one attached hydrogen (secondary N) is 2. The Hall–Kier alpha value is -2.71. The van der Waals surface area contributed by atoms with Gasteiger partial charge in [0.15, 0.2) is 0 Å². The molecule has 28 heavy (non-hydrogen) atoms. The molecule has 2 aromatic rings. The normalized spacial score (nSPS) is 17.8. The van der Waals surface area contributed by atoms with Crippen molar-refractivity contribution in [3.05, 3.63) is 63.7 Å². The zero-order valence-electron chi connectivity index (χ0n) is 15.0. The topological polar surface area (TPSA) is 76.7 Å². The van der Waals surface area contributed by atoms with Crippen molar-refractivity contribution in [3.63, 3.8) is 0 Å². The molecule has 0 spiro atoms. The van der Waals surface area contributed by atoms with Gasteiger partial charge in [-0.05, 0) is 35.9 Å². The Kier molecular flexibility index (Phi) is 5.81. The monoisotopic (exact) mass is 410 g/mol. The van der Waals surface area contributed by atoms with Crippen LogP contribution >= 0.6 is 11.6 Å². The Morgan fingerprint density at radius 2 is 1.86 bits per heavy atom. The van der Waals surface area contributed by atoms with Crippen LogP contribution in [-0.2, 0) is 15.9 Å². The average molecular weight is 411 g/mol. The molecule has 0 aromatic heterocycles. The molecule has 1 aliphatic carbocycles. The number of ether oxygens (including phenoxy) is 2. The summed E-state index contributed by atoms with van der Waals surface area (Å²) in [5.41, 5.74) is 1.09. The van der Waals surface area contributed by atoms with Crippen LogP contribution in [-0.4, -0.2) is 32.3 Å². The smallest absolute Gasteiger partial charge is 0.407 e. The van der Waals surface area contributed by atoms with Crippen LogP contribution in [0.15, 0.2) is 30.3 Å². The first-order valence-electron chi connectivity index (χ1n) is 8.30. The van der Waals surface area contributed by atoms with Crippen LogP contribution in [0.25, 0.3) is 0 Å². The van der Waals surface area contributed by atoms with Gasteiger partial charge in [-0.25, -0.2) is 13.6 Å². The first kappa shape index (κ1) is 20.0. The third kappa shape index (κ3) is 3.79. The number of carbonyl (C=O) groups is 2. The fourth-order valence-electron chi connectivity index (χ4n) is 3.25. The summed E-state index contributed by atoms with van der Waals surface area (Å²) in [4.78, 5) is 24.4. The predicted molar refractivity (Wildman–Crippen MR) is 98.5 cm³/mol. The Balaban J connectivity index is 1.95. The van der Waals surface area contributed by atoms with Crippen LogP contribution in [0.3, 0.4) is 0 Å². The maximum Gasteiger partial charge on any atom is 0.407 e. The molecule has 0 fully saturated rings. The van der Waals surface area contributed by atoms with E-state index < -0.39 is 35.8 Å². The fraction of sp³-hybridized carbons (Fsp3) is 0.263. The third-order valence-corrected chi connectivity index (χ3v) is 4.87. The SMILES string of the molecule is COC(=O)NC1c2c(F)ccc(C(=O)Nc3ccc(F)c(Cl)c3)c2CC1OC. The van der Waals surface area contributed by atoms with Crippen molar-refractivity contribution in [1.29, 1.82) is 0 Å². The fourth-order valence-corrected chi connectivity index (χ4v) is 3.43. The van der Waals surface area contributed by atoms with E-state index in [0.29, 0.717) is 11.3 Å². The second-order valence-corrected chi connectivity index (χ2v) is 6.57. The molecule has 2 unspecified atom stereocenters. The third-order valence-electron chi connectivity index (χ3n) is 4.58. The summed E-state index contributed by atoms with van der Waals surface area (Å²) in [6.45, 7) is 0. The number of benzene rings is 2. The van der Waals surface area contributed by atoms with E-state index >= 15 is 0 Å².